The van der Waals surface area contributed by atoms with Crippen LogP contribution in [0.15, 0.2) is 48.5 Å². The summed E-state index contributed by atoms with van der Waals surface area (Å²) in [6.45, 7) is 1.71. The van der Waals surface area contributed by atoms with E-state index >= 15 is 0 Å². The number of non-ortho nitro benzene ring substituents is 2. The quantitative estimate of drug-likeness (QED) is 0.318. The van der Waals surface area contributed by atoms with Gasteiger partial charge in [-0.25, -0.2) is 10.0 Å². The zero-order valence-corrected chi connectivity index (χ0v) is 19.4. The third kappa shape index (κ3) is 4.63. The molecule has 2 N–H and O–H groups in total. The summed E-state index contributed by atoms with van der Waals surface area (Å²) >= 11 is 0. The average molecular weight is 522 g/mol. The normalized spacial score (nSPS) is 14.5. The van der Waals surface area contributed by atoms with Gasteiger partial charge in [-0.3, -0.25) is 40.5 Å². The van der Waals surface area contributed by atoms with Crippen molar-refractivity contribution in [1.82, 2.24) is 10.0 Å². The van der Waals surface area contributed by atoms with Crippen LogP contribution in [0.3, 0.4) is 0 Å². The van der Waals surface area contributed by atoms with E-state index in [1.165, 1.54) is 24.3 Å². The molecule has 0 unspecified atom stereocenters. The van der Waals surface area contributed by atoms with Crippen LogP contribution < -0.4 is 10.9 Å². The first kappa shape index (κ1) is 24.5. The SMILES string of the molecule is O=[N+]([O-])c1ccc(NN2Cc3cc4c(cc3C2)CN(Nc2ccc([N+](=O)[O-])cc2[N+](=O)[O-])C4)c([N+](=O)[O-])c1. The number of hydrogen-bond donors (Lipinski definition) is 2. The van der Waals surface area contributed by atoms with Crippen LogP contribution >= 0.6 is 0 Å². The van der Waals surface area contributed by atoms with Gasteiger partial charge in [-0.15, -0.1) is 0 Å². The molecule has 16 nitrogen and oxygen atoms in total. The first-order valence-electron chi connectivity index (χ1n) is 11.1. The molecule has 5 rings (SSSR count). The van der Waals surface area contributed by atoms with Crippen molar-refractivity contribution in [3.63, 3.8) is 0 Å². The second-order valence-corrected chi connectivity index (χ2v) is 8.76. The molecule has 0 saturated heterocycles. The number of anilines is 2. The van der Waals surface area contributed by atoms with E-state index in [4.69, 9.17) is 0 Å². The van der Waals surface area contributed by atoms with Crippen LogP contribution in [0.25, 0.3) is 0 Å². The minimum absolute atomic E-state index is 0.140. The molecule has 0 atom stereocenters. The molecule has 0 saturated carbocycles. The number of nitrogens with zero attached hydrogens (tertiary/aromatic N) is 6. The predicted molar refractivity (Wildman–Crippen MR) is 132 cm³/mol. The molecule has 0 aliphatic carbocycles. The van der Waals surface area contributed by atoms with Crippen LogP contribution in [-0.4, -0.2) is 29.7 Å². The molecule has 0 bridgehead atoms. The lowest BCUT2D eigenvalue weighted by molar-refractivity contribution is -0.393. The van der Waals surface area contributed by atoms with E-state index in [2.05, 4.69) is 10.9 Å². The molecule has 16 heteroatoms. The summed E-state index contributed by atoms with van der Waals surface area (Å²) in [7, 11) is 0. The number of nitro benzene ring substituents is 4. The van der Waals surface area contributed by atoms with Gasteiger partial charge >= 0.3 is 11.4 Å². The fraction of sp³-hybridized carbons (Fsp3) is 0.182. The van der Waals surface area contributed by atoms with E-state index in [1.807, 2.05) is 12.1 Å². The summed E-state index contributed by atoms with van der Waals surface area (Å²) in [5, 5.41) is 48.4. The van der Waals surface area contributed by atoms with E-state index in [-0.39, 0.29) is 22.7 Å². The topological polar surface area (TPSA) is 203 Å². The van der Waals surface area contributed by atoms with Crippen molar-refractivity contribution >= 4 is 34.1 Å². The van der Waals surface area contributed by atoms with Gasteiger partial charge < -0.3 is 10.9 Å². The first-order valence-corrected chi connectivity index (χ1v) is 11.1. The Labute approximate surface area is 212 Å². The van der Waals surface area contributed by atoms with Crippen molar-refractivity contribution in [1.29, 1.82) is 0 Å². The molecule has 38 heavy (non-hydrogen) atoms. The smallest absolute Gasteiger partial charge is 0.300 e. The Morgan fingerprint density at radius 2 is 0.868 bits per heavy atom. The van der Waals surface area contributed by atoms with Gasteiger partial charge in [0.05, 0.1) is 31.8 Å². The van der Waals surface area contributed by atoms with Crippen LogP contribution in [-0.2, 0) is 26.2 Å². The highest BCUT2D eigenvalue weighted by Crippen LogP contribution is 2.35. The van der Waals surface area contributed by atoms with Gasteiger partial charge in [-0.05, 0) is 34.4 Å². The summed E-state index contributed by atoms with van der Waals surface area (Å²) in [6.07, 6.45) is 0. The molecule has 3 aromatic carbocycles. The van der Waals surface area contributed by atoms with Gasteiger partial charge in [0.1, 0.15) is 11.4 Å². The summed E-state index contributed by atoms with van der Waals surface area (Å²) in [5.74, 6) is 0. The zero-order chi connectivity index (χ0) is 27.1. The van der Waals surface area contributed by atoms with Crippen LogP contribution in [0.1, 0.15) is 22.3 Å². The van der Waals surface area contributed by atoms with Crippen molar-refractivity contribution < 1.29 is 19.7 Å². The largest absolute Gasteiger partial charge is 0.312 e. The van der Waals surface area contributed by atoms with Crippen LogP contribution in [0.4, 0.5) is 34.1 Å². The third-order valence-corrected chi connectivity index (χ3v) is 6.30. The number of hydrazine groups is 2. The Bertz CT molecular complexity index is 1380. The summed E-state index contributed by atoms with van der Waals surface area (Å²) in [6, 6.07) is 10.8. The Morgan fingerprint density at radius 3 is 1.16 bits per heavy atom. The molecular weight excluding hydrogens is 504 g/mol. The second kappa shape index (κ2) is 9.34. The van der Waals surface area contributed by atoms with Crippen molar-refractivity contribution in [2.45, 2.75) is 26.2 Å². The van der Waals surface area contributed by atoms with Gasteiger partial charge in [-0.2, -0.15) is 0 Å². The maximum Gasteiger partial charge on any atom is 0.300 e. The number of nitrogens with one attached hydrogen (secondary N) is 2. The highest BCUT2D eigenvalue weighted by atomic mass is 16.6. The molecule has 0 radical (unpaired) electrons. The Hall–Kier alpha value is -5.22. The lowest BCUT2D eigenvalue weighted by Crippen LogP contribution is -2.24. The van der Waals surface area contributed by atoms with E-state index in [1.54, 1.807) is 10.0 Å². The zero-order valence-electron chi connectivity index (χ0n) is 19.4. The first-order chi connectivity index (χ1) is 18.1. The molecule has 2 heterocycles. The molecule has 3 aromatic rings. The molecule has 2 aliphatic heterocycles. The number of benzene rings is 3. The number of fused-ring (bicyclic) bond motifs is 2. The Balaban J connectivity index is 1.29. The van der Waals surface area contributed by atoms with Gasteiger partial charge in [0.15, 0.2) is 0 Å². The van der Waals surface area contributed by atoms with Gasteiger partial charge in [0, 0.05) is 38.3 Å². The van der Waals surface area contributed by atoms with E-state index in [0.717, 1.165) is 34.4 Å². The third-order valence-electron chi connectivity index (χ3n) is 6.30. The maximum atomic E-state index is 11.4. The molecule has 0 spiro atoms. The van der Waals surface area contributed by atoms with Crippen molar-refractivity contribution in [2.24, 2.45) is 0 Å². The minimum Gasteiger partial charge on any atom is -0.312 e. The lowest BCUT2D eigenvalue weighted by atomic mass is 10.0. The number of nitro groups is 4. The average Bonchev–Trinajstić information content (AvgIpc) is 3.43. The molecule has 0 amide bonds. The van der Waals surface area contributed by atoms with Crippen LogP contribution in [0.2, 0.25) is 0 Å². The maximum absolute atomic E-state index is 11.4. The fourth-order valence-electron chi connectivity index (χ4n) is 4.57. The predicted octanol–water partition coefficient (Wildman–Crippen LogP) is 4.00. The molecular formula is C22H18N8O8. The summed E-state index contributed by atoms with van der Waals surface area (Å²) < 4.78 is 0. The van der Waals surface area contributed by atoms with Crippen molar-refractivity contribution in [2.75, 3.05) is 10.9 Å². The monoisotopic (exact) mass is 522 g/mol. The molecule has 0 aromatic heterocycles. The highest BCUT2D eigenvalue weighted by molar-refractivity contribution is 5.66. The standard InChI is InChI=1S/C22H18N8O8/c31-27(32)17-1-3-19(21(7-17)29(35)36)23-25-9-13-5-15-11-26(12-16(15)6-14(13)10-25)24-20-4-2-18(28(33)34)8-22(20)30(37)38/h1-8,23-24H,9-12H2. The second-order valence-electron chi connectivity index (χ2n) is 8.76. The van der Waals surface area contributed by atoms with Gasteiger partial charge in [0.25, 0.3) is 11.4 Å². The molecule has 0 fully saturated rings. The fourth-order valence-corrected chi connectivity index (χ4v) is 4.57. The summed E-state index contributed by atoms with van der Waals surface area (Å²) in [4.78, 5) is 42.1. The van der Waals surface area contributed by atoms with Crippen LogP contribution in [0.5, 0.6) is 0 Å². The Morgan fingerprint density at radius 1 is 0.526 bits per heavy atom. The van der Waals surface area contributed by atoms with Gasteiger partial charge in [-0.1, -0.05) is 12.1 Å². The van der Waals surface area contributed by atoms with Crippen LogP contribution in [0, 0.1) is 40.5 Å². The summed E-state index contributed by atoms with van der Waals surface area (Å²) in [5.41, 5.74) is 8.65. The van der Waals surface area contributed by atoms with Gasteiger partial charge in [0.2, 0.25) is 0 Å². The van der Waals surface area contributed by atoms with E-state index in [0.29, 0.717) is 26.2 Å². The van der Waals surface area contributed by atoms with E-state index < -0.39 is 31.1 Å². The number of hydrogen-bond acceptors (Lipinski definition) is 12. The Kier molecular flexibility index (Phi) is 6.01. The molecule has 194 valence electrons. The van der Waals surface area contributed by atoms with E-state index in [9.17, 15) is 40.5 Å². The minimum atomic E-state index is -0.692. The van der Waals surface area contributed by atoms with Crippen molar-refractivity contribution in [3.05, 3.63) is 111 Å². The van der Waals surface area contributed by atoms with Crippen molar-refractivity contribution in [3.8, 4) is 0 Å². The molecule has 2 aliphatic rings. The lowest BCUT2D eigenvalue weighted by Gasteiger charge is -2.18. The highest BCUT2D eigenvalue weighted by Gasteiger charge is 2.29. The number of rotatable bonds is 8.